The van der Waals surface area contributed by atoms with Gasteiger partial charge >= 0.3 is 5.97 Å². The fraction of sp³-hybridized carbons (Fsp3) is 0.400. The summed E-state index contributed by atoms with van der Waals surface area (Å²) in [5, 5.41) is 11.9. The Morgan fingerprint density at radius 3 is 2.67 bits per heavy atom. The van der Waals surface area contributed by atoms with Gasteiger partial charge in [-0.1, -0.05) is 13.8 Å². The lowest BCUT2D eigenvalue weighted by molar-refractivity contribution is -0.123. The van der Waals surface area contributed by atoms with Crippen LogP contribution in [0.5, 0.6) is 0 Å². The summed E-state index contributed by atoms with van der Waals surface area (Å²) in [4.78, 5) is 27.4. The van der Waals surface area contributed by atoms with Gasteiger partial charge in [-0.25, -0.2) is 9.78 Å². The third-order valence-corrected chi connectivity index (χ3v) is 3.30. The Labute approximate surface area is 122 Å². The molecule has 1 atom stereocenters. The Morgan fingerprint density at radius 2 is 2.05 bits per heavy atom. The maximum absolute atomic E-state index is 12.1. The van der Waals surface area contributed by atoms with Gasteiger partial charge in [-0.15, -0.1) is 0 Å². The average molecular weight is 289 g/mol. The molecule has 0 aliphatic carbocycles. The van der Waals surface area contributed by atoms with Gasteiger partial charge in [0.15, 0.2) is 0 Å². The molecule has 1 amide bonds. The molecule has 1 aromatic heterocycles. The van der Waals surface area contributed by atoms with Crippen molar-refractivity contribution in [2.75, 3.05) is 6.54 Å². The molecule has 2 N–H and O–H groups in total. The minimum Gasteiger partial charge on any atom is -0.478 e. The van der Waals surface area contributed by atoms with E-state index in [1.54, 1.807) is 23.9 Å². The largest absolute Gasteiger partial charge is 0.478 e. The zero-order valence-electron chi connectivity index (χ0n) is 12.3. The summed E-state index contributed by atoms with van der Waals surface area (Å²) >= 11 is 0. The maximum atomic E-state index is 12.1. The topological polar surface area (TPSA) is 84.2 Å². The third kappa shape index (κ3) is 3.21. The molecule has 0 saturated carbocycles. The van der Waals surface area contributed by atoms with Crippen LogP contribution in [0.25, 0.3) is 11.0 Å². The van der Waals surface area contributed by atoms with Gasteiger partial charge in [0.05, 0.1) is 22.9 Å². The van der Waals surface area contributed by atoms with E-state index in [9.17, 15) is 9.59 Å². The number of benzene rings is 1. The van der Waals surface area contributed by atoms with Gasteiger partial charge in [0, 0.05) is 6.54 Å². The number of nitrogens with zero attached hydrogens (tertiary/aromatic N) is 2. The van der Waals surface area contributed by atoms with Gasteiger partial charge < -0.3 is 15.0 Å². The maximum Gasteiger partial charge on any atom is 0.335 e. The molecule has 2 rings (SSSR count). The number of carboxylic acids is 1. The molecule has 0 fully saturated rings. The molecule has 1 unspecified atom stereocenters. The lowest BCUT2D eigenvalue weighted by atomic mass is 10.2. The van der Waals surface area contributed by atoms with Gasteiger partial charge in [0.2, 0.25) is 5.91 Å². The predicted octanol–water partition coefficient (Wildman–Crippen LogP) is 2.07. The molecule has 6 nitrogen and oxygen atoms in total. The van der Waals surface area contributed by atoms with Gasteiger partial charge in [-0.2, -0.15) is 0 Å². The number of carboxylic acid groups (broad SMARTS) is 1. The van der Waals surface area contributed by atoms with Crippen molar-refractivity contribution in [3.63, 3.8) is 0 Å². The smallest absolute Gasteiger partial charge is 0.335 e. The SMILES string of the molecule is CC(C)CNC(=O)C(C)n1cnc2ccc(C(=O)O)cc21. The van der Waals surface area contributed by atoms with Crippen LogP contribution in [-0.4, -0.2) is 33.1 Å². The van der Waals surface area contributed by atoms with Crippen LogP contribution in [0.2, 0.25) is 0 Å². The van der Waals surface area contributed by atoms with Crippen molar-refractivity contribution in [3.05, 3.63) is 30.1 Å². The Morgan fingerprint density at radius 1 is 1.33 bits per heavy atom. The minimum absolute atomic E-state index is 0.108. The highest BCUT2D eigenvalue weighted by atomic mass is 16.4. The van der Waals surface area contributed by atoms with Gasteiger partial charge in [-0.3, -0.25) is 4.79 Å². The lowest BCUT2D eigenvalue weighted by Gasteiger charge is -2.15. The number of aromatic nitrogens is 2. The second-order valence-corrected chi connectivity index (χ2v) is 5.48. The molecule has 2 aromatic rings. The van der Waals surface area contributed by atoms with E-state index >= 15 is 0 Å². The molecule has 1 aromatic carbocycles. The summed E-state index contributed by atoms with van der Waals surface area (Å²) in [7, 11) is 0. The number of amides is 1. The number of hydrogen-bond acceptors (Lipinski definition) is 3. The van der Waals surface area contributed by atoms with E-state index in [4.69, 9.17) is 5.11 Å². The number of imidazole rings is 1. The van der Waals surface area contributed by atoms with Crippen molar-refractivity contribution in [2.45, 2.75) is 26.8 Å². The van der Waals surface area contributed by atoms with Crippen LogP contribution in [-0.2, 0) is 4.79 Å². The summed E-state index contributed by atoms with van der Waals surface area (Å²) in [6.45, 7) is 6.42. The van der Waals surface area contributed by atoms with E-state index in [0.717, 1.165) is 0 Å². The zero-order valence-corrected chi connectivity index (χ0v) is 12.3. The fourth-order valence-corrected chi connectivity index (χ4v) is 2.05. The molecule has 0 aliphatic heterocycles. The van der Waals surface area contributed by atoms with Crippen molar-refractivity contribution in [1.82, 2.24) is 14.9 Å². The van der Waals surface area contributed by atoms with Crippen LogP contribution in [0.1, 0.15) is 37.2 Å². The zero-order chi connectivity index (χ0) is 15.6. The van der Waals surface area contributed by atoms with Crippen LogP contribution in [0.15, 0.2) is 24.5 Å². The normalized spacial score (nSPS) is 12.6. The number of rotatable bonds is 5. The Balaban J connectivity index is 2.30. The quantitative estimate of drug-likeness (QED) is 0.882. The van der Waals surface area contributed by atoms with E-state index < -0.39 is 12.0 Å². The first kappa shape index (κ1) is 15.0. The first-order valence-electron chi connectivity index (χ1n) is 6.87. The summed E-state index contributed by atoms with van der Waals surface area (Å²) < 4.78 is 1.69. The molecule has 0 saturated heterocycles. The molecule has 6 heteroatoms. The van der Waals surface area contributed by atoms with Crippen LogP contribution >= 0.6 is 0 Å². The molecule has 0 aliphatic rings. The monoisotopic (exact) mass is 289 g/mol. The average Bonchev–Trinajstić information content (AvgIpc) is 2.86. The van der Waals surface area contributed by atoms with Crippen molar-refractivity contribution < 1.29 is 14.7 Å². The van der Waals surface area contributed by atoms with Crippen LogP contribution < -0.4 is 5.32 Å². The van der Waals surface area contributed by atoms with E-state index in [-0.39, 0.29) is 11.5 Å². The van der Waals surface area contributed by atoms with Crippen molar-refractivity contribution >= 4 is 22.9 Å². The predicted molar refractivity (Wildman–Crippen MR) is 79.3 cm³/mol. The summed E-state index contributed by atoms with van der Waals surface area (Å²) in [5.74, 6) is -0.732. The van der Waals surface area contributed by atoms with Gasteiger partial charge in [0.25, 0.3) is 0 Å². The standard InChI is InChI=1S/C15H19N3O3/c1-9(2)7-16-14(19)10(3)18-8-17-12-5-4-11(15(20)21)6-13(12)18/h4-6,8-10H,7H2,1-3H3,(H,16,19)(H,20,21). The first-order chi connectivity index (χ1) is 9.90. The first-order valence-corrected chi connectivity index (χ1v) is 6.87. The van der Waals surface area contributed by atoms with Crippen molar-refractivity contribution in [2.24, 2.45) is 5.92 Å². The second kappa shape index (κ2) is 5.95. The highest BCUT2D eigenvalue weighted by molar-refractivity contribution is 5.93. The molecule has 21 heavy (non-hydrogen) atoms. The molecule has 1 heterocycles. The minimum atomic E-state index is -0.999. The van der Waals surface area contributed by atoms with Crippen LogP contribution in [0, 0.1) is 5.92 Å². The van der Waals surface area contributed by atoms with Crippen LogP contribution in [0.3, 0.4) is 0 Å². The molecular formula is C15H19N3O3. The van der Waals surface area contributed by atoms with Gasteiger partial charge in [0.1, 0.15) is 6.04 Å². The molecule has 0 spiro atoms. The Hall–Kier alpha value is -2.37. The van der Waals surface area contributed by atoms with Crippen molar-refractivity contribution in [1.29, 1.82) is 0 Å². The third-order valence-electron chi connectivity index (χ3n) is 3.30. The highest BCUT2D eigenvalue weighted by Crippen LogP contribution is 2.19. The molecular weight excluding hydrogens is 270 g/mol. The van der Waals surface area contributed by atoms with E-state index in [0.29, 0.717) is 23.5 Å². The lowest BCUT2D eigenvalue weighted by Crippen LogP contribution is -2.33. The highest BCUT2D eigenvalue weighted by Gasteiger charge is 2.18. The summed E-state index contributed by atoms with van der Waals surface area (Å²) in [5.41, 5.74) is 1.49. The van der Waals surface area contributed by atoms with Crippen molar-refractivity contribution in [3.8, 4) is 0 Å². The van der Waals surface area contributed by atoms with E-state index in [1.807, 2.05) is 13.8 Å². The summed E-state index contributed by atoms with van der Waals surface area (Å²) in [6.07, 6.45) is 1.57. The van der Waals surface area contributed by atoms with Gasteiger partial charge in [-0.05, 0) is 31.0 Å². The second-order valence-electron chi connectivity index (χ2n) is 5.48. The number of fused-ring (bicyclic) bond motifs is 1. The Bertz CT molecular complexity index is 676. The van der Waals surface area contributed by atoms with Crippen LogP contribution in [0.4, 0.5) is 0 Å². The molecule has 0 bridgehead atoms. The van der Waals surface area contributed by atoms with E-state index in [1.165, 1.54) is 12.1 Å². The number of nitrogens with one attached hydrogen (secondary N) is 1. The Kier molecular flexibility index (Phi) is 4.26. The number of hydrogen-bond donors (Lipinski definition) is 2. The number of carbonyl (C=O) groups is 2. The fourth-order valence-electron chi connectivity index (χ4n) is 2.05. The number of carbonyl (C=O) groups excluding carboxylic acids is 1. The summed E-state index contributed by atoms with van der Waals surface area (Å²) in [6, 6.07) is 4.24. The van der Waals surface area contributed by atoms with E-state index in [2.05, 4.69) is 10.3 Å². The molecule has 112 valence electrons. The number of aromatic carboxylic acids is 1. The molecule has 0 radical (unpaired) electrons.